The molecule has 2 rings (SSSR count). The molecule has 0 aliphatic carbocycles. The van der Waals surface area contributed by atoms with Gasteiger partial charge in [0.2, 0.25) is 0 Å². The van der Waals surface area contributed by atoms with Crippen LogP contribution in [0.15, 0.2) is 0 Å². The highest BCUT2D eigenvalue weighted by Crippen LogP contribution is 2.24. The molecule has 1 aromatic rings. The molecule has 3 nitrogen and oxygen atoms in total. The van der Waals surface area contributed by atoms with E-state index in [1.54, 1.807) is 0 Å². The third kappa shape index (κ3) is 1.32. The number of rotatable bonds is 1. The largest absolute Gasteiger partial charge is 0.368 e. The van der Waals surface area contributed by atoms with Gasteiger partial charge in [-0.2, -0.15) is 5.10 Å². The van der Waals surface area contributed by atoms with Crippen LogP contribution < -0.4 is 5.32 Å². The number of fused-ring (bicyclic) bond motifs is 1. The van der Waals surface area contributed by atoms with Crippen LogP contribution in [-0.4, -0.2) is 15.8 Å². The molecule has 1 N–H and O–H groups in total. The Kier molecular flexibility index (Phi) is 2.02. The summed E-state index contributed by atoms with van der Waals surface area (Å²) in [6, 6.07) is 0.590. The van der Waals surface area contributed by atoms with Crippen LogP contribution in [0.2, 0.25) is 0 Å². The fraction of sp³-hybridized carbons (Fsp3) is 0.700. The van der Waals surface area contributed by atoms with E-state index in [1.807, 2.05) is 0 Å². The van der Waals surface area contributed by atoms with Crippen molar-refractivity contribution < 1.29 is 0 Å². The lowest BCUT2D eigenvalue weighted by molar-refractivity contribution is 0.509. The van der Waals surface area contributed by atoms with E-state index in [2.05, 4.69) is 35.9 Å². The van der Waals surface area contributed by atoms with E-state index in [0.717, 1.165) is 13.0 Å². The molecular formula is C10H17N3. The van der Waals surface area contributed by atoms with Crippen LogP contribution in [-0.2, 0) is 13.0 Å². The second-order valence-corrected chi connectivity index (χ2v) is 3.83. The van der Waals surface area contributed by atoms with Gasteiger partial charge in [0.25, 0.3) is 0 Å². The Morgan fingerprint density at radius 2 is 2.38 bits per heavy atom. The number of nitrogens with one attached hydrogen (secondary N) is 1. The van der Waals surface area contributed by atoms with E-state index in [4.69, 9.17) is 0 Å². The normalized spacial score (nSPS) is 21.0. The average Bonchev–Trinajstić information content (AvgIpc) is 2.44. The van der Waals surface area contributed by atoms with Crippen molar-refractivity contribution in [1.82, 2.24) is 9.78 Å². The van der Waals surface area contributed by atoms with Crippen LogP contribution in [0, 0.1) is 6.92 Å². The number of aromatic nitrogens is 2. The van der Waals surface area contributed by atoms with Crippen LogP contribution in [0.1, 0.15) is 31.5 Å². The van der Waals surface area contributed by atoms with Crippen LogP contribution >= 0.6 is 0 Å². The molecule has 1 unspecified atom stereocenters. The van der Waals surface area contributed by atoms with Crippen molar-refractivity contribution >= 4 is 5.82 Å². The van der Waals surface area contributed by atoms with E-state index in [-0.39, 0.29) is 0 Å². The maximum absolute atomic E-state index is 4.56. The summed E-state index contributed by atoms with van der Waals surface area (Å²) in [5.74, 6) is 1.23. The summed E-state index contributed by atoms with van der Waals surface area (Å²) in [4.78, 5) is 0. The van der Waals surface area contributed by atoms with Crippen molar-refractivity contribution in [2.75, 3.05) is 5.32 Å². The second-order valence-electron chi connectivity index (χ2n) is 3.83. The molecule has 72 valence electrons. The van der Waals surface area contributed by atoms with Gasteiger partial charge in [-0.1, -0.05) is 6.92 Å². The fourth-order valence-electron chi connectivity index (χ4n) is 1.90. The molecule has 0 bridgehead atoms. The lowest BCUT2D eigenvalue weighted by Crippen LogP contribution is -2.26. The molecule has 1 atom stereocenters. The molecule has 0 saturated heterocycles. The van der Waals surface area contributed by atoms with E-state index in [9.17, 15) is 0 Å². The van der Waals surface area contributed by atoms with E-state index in [1.165, 1.54) is 23.5 Å². The summed E-state index contributed by atoms with van der Waals surface area (Å²) in [6.07, 6.45) is 2.21. The first-order valence-corrected chi connectivity index (χ1v) is 5.05. The Bertz CT molecular complexity index is 314. The molecule has 0 radical (unpaired) electrons. The number of aryl methyl sites for hydroxylation is 2. The second kappa shape index (κ2) is 3.05. The zero-order valence-electron chi connectivity index (χ0n) is 8.59. The first kappa shape index (κ1) is 8.60. The minimum absolute atomic E-state index is 0.590. The minimum atomic E-state index is 0.590. The molecule has 0 fully saturated rings. The van der Waals surface area contributed by atoms with Crippen molar-refractivity contribution in [1.29, 1.82) is 0 Å². The number of anilines is 1. The SMILES string of the molecule is CCc1nn2c(c1C)NC(C)CC2. The maximum Gasteiger partial charge on any atom is 0.127 e. The van der Waals surface area contributed by atoms with Crippen LogP contribution in [0.25, 0.3) is 0 Å². The highest BCUT2D eigenvalue weighted by atomic mass is 15.3. The van der Waals surface area contributed by atoms with Gasteiger partial charge in [-0.15, -0.1) is 0 Å². The standard InChI is InChI=1S/C10H17N3/c1-4-9-8(3)10-11-7(2)5-6-13(10)12-9/h7,11H,4-6H2,1-3H3. The third-order valence-corrected chi connectivity index (χ3v) is 2.78. The molecule has 0 saturated carbocycles. The van der Waals surface area contributed by atoms with E-state index >= 15 is 0 Å². The van der Waals surface area contributed by atoms with Crippen molar-refractivity contribution in [3.8, 4) is 0 Å². The molecule has 3 heteroatoms. The van der Waals surface area contributed by atoms with Gasteiger partial charge in [0.1, 0.15) is 5.82 Å². The van der Waals surface area contributed by atoms with E-state index < -0.39 is 0 Å². The summed E-state index contributed by atoms with van der Waals surface area (Å²) in [5.41, 5.74) is 2.56. The van der Waals surface area contributed by atoms with Crippen LogP contribution in [0.4, 0.5) is 5.82 Å². The van der Waals surface area contributed by atoms with Gasteiger partial charge in [-0.05, 0) is 26.7 Å². The summed E-state index contributed by atoms with van der Waals surface area (Å²) in [7, 11) is 0. The number of hydrogen-bond acceptors (Lipinski definition) is 2. The van der Waals surface area contributed by atoms with Crippen molar-refractivity contribution in [2.45, 2.75) is 46.2 Å². The number of nitrogens with zero attached hydrogens (tertiary/aromatic N) is 2. The van der Waals surface area contributed by atoms with Crippen molar-refractivity contribution in [2.24, 2.45) is 0 Å². The Balaban J connectivity index is 2.40. The monoisotopic (exact) mass is 179 g/mol. The fourth-order valence-corrected chi connectivity index (χ4v) is 1.90. The van der Waals surface area contributed by atoms with Crippen molar-refractivity contribution in [3.63, 3.8) is 0 Å². The molecule has 1 aliphatic heterocycles. The van der Waals surface area contributed by atoms with Gasteiger partial charge in [-0.3, -0.25) is 0 Å². The zero-order chi connectivity index (χ0) is 9.42. The van der Waals surface area contributed by atoms with Gasteiger partial charge < -0.3 is 5.32 Å². The third-order valence-electron chi connectivity index (χ3n) is 2.78. The molecule has 2 heterocycles. The summed E-state index contributed by atoms with van der Waals surface area (Å²) in [5, 5.41) is 8.04. The van der Waals surface area contributed by atoms with E-state index in [0.29, 0.717) is 6.04 Å². The van der Waals surface area contributed by atoms with Crippen LogP contribution in [0.5, 0.6) is 0 Å². The summed E-state index contributed by atoms with van der Waals surface area (Å²) < 4.78 is 2.11. The summed E-state index contributed by atoms with van der Waals surface area (Å²) in [6.45, 7) is 7.60. The minimum Gasteiger partial charge on any atom is -0.368 e. The molecule has 0 spiro atoms. The molecule has 13 heavy (non-hydrogen) atoms. The summed E-state index contributed by atoms with van der Waals surface area (Å²) >= 11 is 0. The maximum atomic E-state index is 4.56. The predicted molar refractivity (Wildman–Crippen MR) is 54.0 cm³/mol. The highest BCUT2D eigenvalue weighted by molar-refractivity contribution is 5.48. The Labute approximate surface area is 79.1 Å². The quantitative estimate of drug-likeness (QED) is 0.714. The Hall–Kier alpha value is -0.990. The molecular weight excluding hydrogens is 162 g/mol. The molecule has 0 aromatic carbocycles. The average molecular weight is 179 g/mol. The highest BCUT2D eigenvalue weighted by Gasteiger charge is 2.19. The topological polar surface area (TPSA) is 29.9 Å². The molecule has 1 aliphatic rings. The predicted octanol–water partition coefficient (Wildman–Crippen LogP) is 1.96. The lowest BCUT2D eigenvalue weighted by atomic mass is 10.1. The van der Waals surface area contributed by atoms with Gasteiger partial charge in [0.05, 0.1) is 5.69 Å². The molecule has 1 aromatic heterocycles. The first-order valence-electron chi connectivity index (χ1n) is 5.05. The van der Waals surface area contributed by atoms with Crippen molar-refractivity contribution in [3.05, 3.63) is 11.3 Å². The van der Waals surface area contributed by atoms with Gasteiger partial charge >= 0.3 is 0 Å². The first-order chi connectivity index (χ1) is 6.22. The Morgan fingerprint density at radius 1 is 1.62 bits per heavy atom. The van der Waals surface area contributed by atoms with Gasteiger partial charge in [0, 0.05) is 18.2 Å². The lowest BCUT2D eigenvalue weighted by Gasteiger charge is -2.22. The van der Waals surface area contributed by atoms with Gasteiger partial charge in [-0.25, -0.2) is 4.68 Å². The zero-order valence-corrected chi connectivity index (χ0v) is 8.59. The van der Waals surface area contributed by atoms with Crippen LogP contribution in [0.3, 0.4) is 0 Å². The molecule has 0 amide bonds. The van der Waals surface area contributed by atoms with Gasteiger partial charge in [0.15, 0.2) is 0 Å². The Morgan fingerprint density at radius 3 is 3.08 bits per heavy atom. The smallest absolute Gasteiger partial charge is 0.127 e. The number of hydrogen-bond donors (Lipinski definition) is 1.